The Balaban J connectivity index is 2.14. The first-order chi connectivity index (χ1) is 12.3. The van der Waals surface area contributed by atoms with Gasteiger partial charge in [-0.2, -0.15) is 0 Å². The van der Waals surface area contributed by atoms with E-state index in [4.69, 9.17) is 0 Å². The van der Waals surface area contributed by atoms with Gasteiger partial charge in [0, 0.05) is 18.2 Å². The molecule has 0 unspecified atom stereocenters. The molecule has 8 heteroatoms. The maximum absolute atomic E-state index is 13.2. The lowest BCUT2D eigenvalue weighted by molar-refractivity contribution is 0.0952. The van der Waals surface area contributed by atoms with Crippen LogP contribution in [0, 0.1) is 11.6 Å². The highest BCUT2D eigenvalue weighted by Crippen LogP contribution is 2.19. The van der Waals surface area contributed by atoms with Crippen molar-refractivity contribution in [3.63, 3.8) is 0 Å². The van der Waals surface area contributed by atoms with Crippen LogP contribution < -0.4 is 10.0 Å². The summed E-state index contributed by atoms with van der Waals surface area (Å²) in [5.74, 6) is -2.61. The topological polar surface area (TPSA) is 75.3 Å². The van der Waals surface area contributed by atoms with Gasteiger partial charge in [0.05, 0.1) is 10.6 Å². The molecule has 0 aromatic heterocycles. The summed E-state index contributed by atoms with van der Waals surface area (Å²) in [6, 6.07) is 8.19. The van der Waals surface area contributed by atoms with Crippen LogP contribution in [0.1, 0.15) is 36.5 Å². The molecule has 26 heavy (non-hydrogen) atoms. The van der Waals surface area contributed by atoms with Gasteiger partial charge < -0.3 is 5.32 Å². The monoisotopic (exact) mass is 382 g/mol. The number of hydrogen-bond acceptors (Lipinski definition) is 3. The third kappa shape index (κ3) is 5.26. The van der Waals surface area contributed by atoms with Crippen LogP contribution in [-0.4, -0.2) is 20.9 Å². The molecule has 0 fully saturated rings. The highest BCUT2D eigenvalue weighted by Gasteiger charge is 2.17. The summed E-state index contributed by atoms with van der Waals surface area (Å²) in [7, 11) is -4.05. The summed E-state index contributed by atoms with van der Waals surface area (Å²) < 4.78 is 53.2. The molecule has 0 bridgehead atoms. The van der Waals surface area contributed by atoms with Gasteiger partial charge >= 0.3 is 0 Å². The summed E-state index contributed by atoms with van der Waals surface area (Å²) in [5.41, 5.74) is 0.0907. The van der Waals surface area contributed by atoms with E-state index in [0.717, 1.165) is 37.5 Å². The van der Waals surface area contributed by atoms with Crippen LogP contribution >= 0.6 is 0 Å². The van der Waals surface area contributed by atoms with Gasteiger partial charge in [-0.3, -0.25) is 9.52 Å². The van der Waals surface area contributed by atoms with E-state index < -0.39 is 21.7 Å². The van der Waals surface area contributed by atoms with Gasteiger partial charge in [0.15, 0.2) is 11.6 Å². The first-order valence-electron chi connectivity index (χ1n) is 8.19. The minimum Gasteiger partial charge on any atom is -0.352 e. The maximum Gasteiger partial charge on any atom is 0.261 e. The predicted molar refractivity (Wildman–Crippen MR) is 95.5 cm³/mol. The van der Waals surface area contributed by atoms with Gasteiger partial charge in [-0.25, -0.2) is 17.2 Å². The van der Waals surface area contributed by atoms with E-state index in [-0.39, 0.29) is 22.1 Å². The van der Waals surface area contributed by atoms with Crippen LogP contribution in [0.25, 0.3) is 0 Å². The summed E-state index contributed by atoms with van der Waals surface area (Å²) in [5, 5.41) is 2.73. The normalized spacial score (nSPS) is 11.2. The zero-order valence-corrected chi connectivity index (χ0v) is 15.1. The molecule has 140 valence electrons. The molecule has 2 aromatic rings. The molecule has 0 atom stereocenters. The number of rotatable bonds is 8. The number of anilines is 1. The summed E-state index contributed by atoms with van der Waals surface area (Å²) in [6.07, 6.45) is 2.87. The SMILES string of the molecule is CCCCCNC(=O)c1cccc(S(=O)(=O)Nc2ccc(F)c(F)c2)c1. The molecule has 2 N–H and O–H groups in total. The molecule has 0 aliphatic carbocycles. The van der Waals surface area contributed by atoms with E-state index in [0.29, 0.717) is 6.54 Å². The van der Waals surface area contributed by atoms with Crippen LogP contribution in [-0.2, 0) is 10.0 Å². The molecule has 0 aliphatic rings. The maximum atomic E-state index is 13.2. The van der Waals surface area contributed by atoms with Crippen LogP contribution in [0.15, 0.2) is 47.4 Å². The number of carbonyl (C=O) groups is 1. The van der Waals surface area contributed by atoms with Crippen molar-refractivity contribution >= 4 is 21.6 Å². The predicted octanol–water partition coefficient (Wildman–Crippen LogP) is 3.69. The quantitative estimate of drug-likeness (QED) is 0.684. The molecule has 5 nitrogen and oxygen atoms in total. The fourth-order valence-corrected chi connectivity index (χ4v) is 3.35. The van der Waals surface area contributed by atoms with Crippen LogP contribution in [0.2, 0.25) is 0 Å². The van der Waals surface area contributed by atoms with Crippen molar-refractivity contribution in [2.45, 2.75) is 31.1 Å². The summed E-state index contributed by atoms with van der Waals surface area (Å²) >= 11 is 0. The average Bonchev–Trinajstić information content (AvgIpc) is 2.61. The first-order valence-corrected chi connectivity index (χ1v) is 9.68. The standard InChI is InChI=1S/C18H20F2N2O3S/c1-2-3-4-10-21-18(23)13-6-5-7-15(11-13)26(24,25)22-14-8-9-16(19)17(20)12-14/h5-9,11-12,22H,2-4,10H2,1H3,(H,21,23). The Bertz CT molecular complexity index is 886. The Morgan fingerprint density at radius 2 is 1.81 bits per heavy atom. The number of halogens is 2. The van der Waals surface area contributed by atoms with Crippen molar-refractivity contribution in [1.29, 1.82) is 0 Å². The Kier molecular flexibility index (Phi) is 6.68. The number of nitrogens with one attached hydrogen (secondary N) is 2. The average molecular weight is 382 g/mol. The van der Waals surface area contributed by atoms with E-state index in [1.165, 1.54) is 24.3 Å². The zero-order chi connectivity index (χ0) is 19.2. The lowest BCUT2D eigenvalue weighted by atomic mass is 10.2. The van der Waals surface area contributed by atoms with E-state index >= 15 is 0 Å². The van der Waals surface area contributed by atoms with Crippen LogP contribution in [0.3, 0.4) is 0 Å². The van der Waals surface area contributed by atoms with Crippen molar-refractivity contribution in [3.8, 4) is 0 Å². The Morgan fingerprint density at radius 1 is 1.04 bits per heavy atom. The Hall–Kier alpha value is -2.48. The van der Waals surface area contributed by atoms with Crippen molar-refractivity contribution in [2.75, 3.05) is 11.3 Å². The molecule has 2 rings (SSSR count). The van der Waals surface area contributed by atoms with Crippen LogP contribution in [0.4, 0.5) is 14.5 Å². The number of amides is 1. The van der Waals surface area contributed by atoms with Crippen molar-refractivity contribution in [3.05, 3.63) is 59.7 Å². The minimum absolute atomic E-state index is 0.113. The lowest BCUT2D eigenvalue weighted by Gasteiger charge is -2.10. The lowest BCUT2D eigenvalue weighted by Crippen LogP contribution is -2.24. The molecule has 0 aliphatic heterocycles. The van der Waals surface area contributed by atoms with Crippen molar-refractivity contribution in [2.24, 2.45) is 0 Å². The van der Waals surface area contributed by atoms with Gasteiger partial charge in [0.25, 0.3) is 15.9 Å². The molecular weight excluding hydrogens is 362 g/mol. The molecule has 2 aromatic carbocycles. The third-order valence-electron chi connectivity index (χ3n) is 3.64. The van der Waals surface area contributed by atoms with Crippen molar-refractivity contribution in [1.82, 2.24) is 5.32 Å². The molecular formula is C18H20F2N2O3S. The molecule has 0 radical (unpaired) electrons. The van der Waals surface area contributed by atoms with E-state index in [1.54, 1.807) is 0 Å². The Morgan fingerprint density at radius 3 is 2.50 bits per heavy atom. The minimum atomic E-state index is -4.05. The Labute approximate surface area is 151 Å². The summed E-state index contributed by atoms with van der Waals surface area (Å²) in [4.78, 5) is 12.0. The fraction of sp³-hybridized carbons (Fsp3) is 0.278. The first kappa shape index (κ1) is 19.8. The van der Waals surface area contributed by atoms with Gasteiger partial charge in [0.1, 0.15) is 0 Å². The van der Waals surface area contributed by atoms with Gasteiger partial charge in [-0.1, -0.05) is 25.8 Å². The largest absolute Gasteiger partial charge is 0.352 e. The number of hydrogen-bond donors (Lipinski definition) is 2. The number of sulfonamides is 1. The van der Waals surface area contributed by atoms with E-state index in [1.807, 2.05) is 0 Å². The van der Waals surface area contributed by atoms with Gasteiger partial charge in [-0.05, 0) is 36.8 Å². The second kappa shape index (κ2) is 8.75. The zero-order valence-electron chi connectivity index (χ0n) is 14.3. The summed E-state index contributed by atoms with van der Waals surface area (Å²) in [6.45, 7) is 2.56. The second-order valence-electron chi connectivity index (χ2n) is 5.73. The number of carbonyl (C=O) groups excluding carboxylic acids is 1. The van der Waals surface area contributed by atoms with Gasteiger partial charge in [0.2, 0.25) is 0 Å². The van der Waals surface area contributed by atoms with E-state index in [9.17, 15) is 22.0 Å². The van der Waals surface area contributed by atoms with E-state index in [2.05, 4.69) is 17.0 Å². The molecule has 0 saturated carbocycles. The van der Waals surface area contributed by atoms with Crippen molar-refractivity contribution < 1.29 is 22.0 Å². The molecule has 0 spiro atoms. The number of benzene rings is 2. The second-order valence-corrected chi connectivity index (χ2v) is 7.41. The number of unbranched alkanes of at least 4 members (excludes halogenated alkanes) is 2. The smallest absolute Gasteiger partial charge is 0.261 e. The molecule has 1 amide bonds. The highest BCUT2D eigenvalue weighted by molar-refractivity contribution is 7.92. The molecule has 0 saturated heterocycles. The van der Waals surface area contributed by atoms with Gasteiger partial charge in [-0.15, -0.1) is 0 Å². The molecule has 0 heterocycles. The van der Waals surface area contributed by atoms with Crippen LogP contribution in [0.5, 0.6) is 0 Å². The third-order valence-corrected chi connectivity index (χ3v) is 5.02. The fourth-order valence-electron chi connectivity index (χ4n) is 2.26. The highest BCUT2D eigenvalue weighted by atomic mass is 32.2.